The summed E-state index contributed by atoms with van der Waals surface area (Å²) in [5.74, 6) is 2.21. The van der Waals surface area contributed by atoms with Gasteiger partial charge in [-0.25, -0.2) is 0 Å². The predicted molar refractivity (Wildman–Crippen MR) is 116 cm³/mol. The van der Waals surface area contributed by atoms with E-state index in [9.17, 15) is 4.79 Å². The van der Waals surface area contributed by atoms with E-state index in [0.29, 0.717) is 18.1 Å². The number of carbonyl (C=O) groups excluding carboxylic acids is 1. The molecule has 1 N–H and O–H groups in total. The lowest BCUT2D eigenvalue weighted by atomic mass is 9.84. The number of anilines is 2. The molecule has 1 atom stereocenters. The third kappa shape index (κ3) is 3.24. The van der Waals surface area contributed by atoms with Crippen molar-refractivity contribution < 1.29 is 4.79 Å². The molecule has 0 aliphatic carbocycles. The molecule has 2 aromatic heterocycles. The standard InChI is InChI=1S/C23H26N6O/c1-15-8-4-5-9-17(15)18-14-21(30)24-23-22(18)16(2)27-29(23)20-11-10-19(25-26-20)28-12-6-3-7-13-28/h4-5,8-11,18H,3,6-7,12-14H2,1-2H3,(H,24,30)/t18-/m0/s1. The van der Waals surface area contributed by atoms with Gasteiger partial charge in [0.05, 0.1) is 5.69 Å². The fourth-order valence-corrected chi connectivity index (χ4v) is 4.68. The minimum Gasteiger partial charge on any atom is -0.355 e. The van der Waals surface area contributed by atoms with Gasteiger partial charge in [-0.15, -0.1) is 10.2 Å². The molecule has 5 rings (SSSR count). The van der Waals surface area contributed by atoms with E-state index in [1.54, 1.807) is 4.68 Å². The highest BCUT2D eigenvalue weighted by Gasteiger charge is 2.33. The van der Waals surface area contributed by atoms with Gasteiger partial charge in [-0.2, -0.15) is 9.78 Å². The van der Waals surface area contributed by atoms with Crippen molar-refractivity contribution in [2.75, 3.05) is 23.3 Å². The summed E-state index contributed by atoms with van der Waals surface area (Å²) in [6.07, 6.45) is 4.09. The Bertz CT molecular complexity index is 1080. The zero-order valence-corrected chi connectivity index (χ0v) is 17.4. The quantitative estimate of drug-likeness (QED) is 0.722. The zero-order chi connectivity index (χ0) is 20.7. The number of nitrogens with one attached hydrogen (secondary N) is 1. The number of piperidine rings is 1. The molecule has 0 unspecified atom stereocenters. The first-order chi connectivity index (χ1) is 14.6. The van der Waals surface area contributed by atoms with Crippen LogP contribution in [0.25, 0.3) is 5.82 Å². The molecular formula is C23H26N6O. The fraction of sp³-hybridized carbons (Fsp3) is 0.391. The number of aryl methyl sites for hydroxylation is 2. The Kier molecular flexibility index (Phi) is 4.73. The van der Waals surface area contributed by atoms with Crippen molar-refractivity contribution in [3.8, 4) is 5.82 Å². The molecule has 0 saturated carbocycles. The summed E-state index contributed by atoms with van der Waals surface area (Å²) in [6, 6.07) is 12.2. The molecule has 0 spiro atoms. The lowest BCUT2D eigenvalue weighted by Crippen LogP contribution is -2.30. The summed E-state index contributed by atoms with van der Waals surface area (Å²) in [5.41, 5.74) is 4.31. The number of fused-ring (bicyclic) bond motifs is 1. The predicted octanol–water partition coefficient (Wildman–Crippen LogP) is 3.74. The summed E-state index contributed by atoms with van der Waals surface area (Å²) >= 11 is 0. The van der Waals surface area contributed by atoms with Gasteiger partial charge in [0.1, 0.15) is 5.82 Å². The van der Waals surface area contributed by atoms with Gasteiger partial charge < -0.3 is 10.2 Å². The fourth-order valence-electron chi connectivity index (χ4n) is 4.68. The molecule has 1 saturated heterocycles. The van der Waals surface area contributed by atoms with E-state index in [2.05, 4.69) is 39.5 Å². The Hall–Kier alpha value is -3.22. The highest BCUT2D eigenvalue weighted by Crippen LogP contribution is 2.40. The van der Waals surface area contributed by atoms with Crippen molar-refractivity contribution in [2.45, 2.75) is 45.4 Å². The number of benzene rings is 1. The molecule has 4 heterocycles. The Labute approximate surface area is 176 Å². The monoisotopic (exact) mass is 402 g/mol. The van der Waals surface area contributed by atoms with Gasteiger partial charge in [0.15, 0.2) is 11.6 Å². The first kappa shape index (κ1) is 18.8. The van der Waals surface area contributed by atoms with E-state index in [0.717, 1.165) is 30.2 Å². The van der Waals surface area contributed by atoms with Gasteiger partial charge in [0.25, 0.3) is 0 Å². The van der Waals surface area contributed by atoms with Crippen molar-refractivity contribution in [1.29, 1.82) is 0 Å². The molecule has 1 aromatic carbocycles. The second-order valence-corrected chi connectivity index (χ2v) is 8.22. The third-order valence-electron chi connectivity index (χ3n) is 6.20. The molecule has 2 aliphatic heterocycles. The number of carbonyl (C=O) groups is 1. The van der Waals surface area contributed by atoms with Crippen LogP contribution in [0, 0.1) is 13.8 Å². The molecule has 3 aromatic rings. The number of amides is 1. The Morgan fingerprint density at radius 1 is 0.967 bits per heavy atom. The molecule has 1 fully saturated rings. The zero-order valence-electron chi connectivity index (χ0n) is 17.4. The van der Waals surface area contributed by atoms with E-state index in [1.807, 2.05) is 31.2 Å². The molecule has 2 aliphatic rings. The van der Waals surface area contributed by atoms with Crippen LogP contribution < -0.4 is 10.2 Å². The third-order valence-corrected chi connectivity index (χ3v) is 6.20. The molecule has 7 nitrogen and oxygen atoms in total. The number of aromatic nitrogens is 4. The van der Waals surface area contributed by atoms with Gasteiger partial charge in [-0.3, -0.25) is 4.79 Å². The number of rotatable bonds is 3. The smallest absolute Gasteiger partial charge is 0.226 e. The highest BCUT2D eigenvalue weighted by molar-refractivity contribution is 5.95. The summed E-state index contributed by atoms with van der Waals surface area (Å²) in [7, 11) is 0. The van der Waals surface area contributed by atoms with Gasteiger partial charge in [0.2, 0.25) is 5.91 Å². The summed E-state index contributed by atoms with van der Waals surface area (Å²) in [5, 5.41) is 16.7. The first-order valence-electron chi connectivity index (χ1n) is 10.7. The molecule has 7 heteroatoms. The number of nitrogens with zero attached hydrogens (tertiary/aromatic N) is 5. The average molecular weight is 403 g/mol. The van der Waals surface area contributed by atoms with Gasteiger partial charge >= 0.3 is 0 Å². The Morgan fingerprint density at radius 2 is 1.70 bits per heavy atom. The maximum atomic E-state index is 12.6. The van der Waals surface area contributed by atoms with Crippen molar-refractivity contribution in [1.82, 2.24) is 20.0 Å². The maximum absolute atomic E-state index is 12.6. The van der Waals surface area contributed by atoms with Crippen LogP contribution >= 0.6 is 0 Å². The average Bonchev–Trinajstić information content (AvgIpc) is 3.10. The second-order valence-electron chi connectivity index (χ2n) is 8.22. The molecule has 30 heavy (non-hydrogen) atoms. The number of hydrogen-bond donors (Lipinski definition) is 1. The van der Waals surface area contributed by atoms with Crippen LogP contribution in [0.5, 0.6) is 0 Å². The molecule has 0 radical (unpaired) electrons. The van der Waals surface area contributed by atoms with Crippen LogP contribution in [-0.2, 0) is 4.79 Å². The van der Waals surface area contributed by atoms with E-state index >= 15 is 0 Å². The van der Waals surface area contributed by atoms with Crippen LogP contribution in [0.1, 0.15) is 54.0 Å². The number of hydrogen-bond acceptors (Lipinski definition) is 5. The van der Waals surface area contributed by atoms with Crippen LogP contribution in [-0.4, -0.2) is 39.0 Å². The maximum Gasteiger partial charge on any atom is 0.226 e. The highest BCUT2D eigenvalue weighted by atomic mass is 16.1. The van der Waals surface area contributed by atoms with Crippen molar-refractivity contribution in [3.63, 3.8) is 0 Å². The Balaban J connectivity index is 1.53. The lowest BCUT2D eigenvalue weighted by Gasteiger charge is -2.27. The van der Waals surface area contributed by atoms with Crippen LogP contribution in [0.3, 0.4) is 0 Å². The van der Waals surface area contributed by atoms with Gasteiger partial charge in [-0.1, -0.05) is 24.3 Å². The van der Waals surface area contributed by atoms with E-state index in [1.165, 1.54) is 30.4 Å². The second kappa shape index (κ2) is 7.55. The molecule has 154 valence electrons. The minimum absolute atomic E-state index is 0.00482. The summed E-state index contributed by atoms with van der Waals surface area (Å²) in [4.78, 5) is 14.9. The van der Waals surface area contributed by atoms with E-state index in [4.69, 9.17) is 5.10 Å². The lowest BCUT2D eigenvalue weighted by molar-refractivity contribution is -0.116. The van der Waals surface area contributed by atoms with Crippen molar-refractivity contribution >= 4 is 17.5 Å². The van der Waals surface area contributed by atoms with E-state index < -0.39 is 0 Å². The van der Waals surface area contributed by atoms with Crippen LogP contribution in [0.2, 0.25) is 0 Å². The van der Waals surface area contributed by atoms with E-state index in [-0.39, 0.29) is 11.8 Å². The van der Waals surface area contributed by atoms with Crippen LogP contribution in [0.15, 0.2) is 36.4 Å². The Morgan fingerprint density at radius 3 is 2.43 bits per heavy atom. The SMILES string of the molecule is Cc1ccccc1[C@@H]1CC(=O)Nc2c1c(C)nn2-c1ccc(N2CCCCC2)nn1. The molecule has 1 amide bonds. The first-order valence-corrected chi connectivity index (χ1v) is 10.7. The topological polar surface area (TPSA) is 75.9 Å². The van der Waals surface area contributed by atoms with Crippen molar-refractivity contribution in [2.24, 2.45) is 0 Å². The largest absolute Gasteiger partial charge is 0.355 e. The summed E-state index contributed by atoms with van der Waals surface area (Å²) in [6.45, 7) is 6.14. The van der Waals surface area contributed by atoms with Gasteiger partial charge in [0, 0.05) is 31.0 Å². The molecule has 0 bridgehead atoms. The van der Waals surface area contributed by atoms with Gasteiger partial charge in [-0.05, 0) is 56.4 Å². The normalized spacial score (nSPS) is 18.8. The summed E-state index contributed by atoms with van der Waals surface area (Å²) < 4.78 is 1.72. The van der Waals surface area contributed by atoms with Crippen LogP contribution in [0.4, 0.5) is 11.6 Å². The van der Waals surface area contributed by atoms with Crippen molar-refractivity contribution in [3.05, 3.63) is 58.8 Å². The molecular weight excluding hydrogens is 376 g/mol. The minimum atomic E-state index is -0.00992.